The zero-order valence-corrected chi connectivity index (χ0v) is 10.3. The van der Waals surface area contributed by atoms with Crippen molar-refractivity contribution >= 4 is 0 Å². The Morgan fingerprint density at radius 3 is 2.33 bits per heavy atom. The molecule has 0 aliphatic rings. The van der Waals surface area contributed by atoms with Gasteiger partial charge in [-0.3, -0.25) is 0 Å². The summed E-state index contributed by atoms with van der Waals surface area (Å²) in [6.07, 6.45) is 3.24. The molecule has 0 saturated carbocycles. The first-order valence-electron chi connectivity index (χ1n) is 5.69. The molecular formula is C11H25NO3. The number of unbranched alkanes of at least 4 members (excludes halogenated alkanes) is 1. The summed E-state index contributed by atoms with van der Waals surface area (Å²) >= 11 is 0. The fourth-order valence-electron chi connectivity index (χ4n) is 1.13. The zero-order chi connectivity index (χ0) is 11.4. The average Bonchev–Trinajstić information content (AvgIpc) is 2.27. The van der Waals surface area contributed by atoms with Crippen molar-refractivity contribution in [1.82, 2.24) is 5.32 Å². The van der Waals surface area contributed by atoms with Gasteiger partial charge in [0.2, 0.25) is 0 Å². The monoisotopic (exact) mass is 219 g/mol. The molecule has 0 fully saturated rings. The van der Waals surface area contributed by atoms with Crippen LogP contribution in [0.5, 0.6) is 0 Å². The number of hydrogen-bond donors (Lipinski definition) is 1. The highest BCUT2D eigenvalue weighted by atomic mass is 16.7. The minimum atomic E-state index is -0.147. The number of methoxy groups -OCH3 is 2. The van der Waals surface area contributed by atoms with Gasteiger partial charge in [-0.15, -0.1) is 0 Å². The lowest BCUT2D eigenvalue weighted by molar-refractivity contribution is -0.0987. The number of rotatable bonds is 11. The lowest BCUT2D eigenvalue weighted by atomic mass is 10.3. The highest BCUT2D eigenvalue weighted by Crippen LogP contribution is 1.90. The molecule has 0 amide bonds. The van der Waals surface area contributed by atoms with Crippen LogP contribution in [-0.4, -0.2) is 46.8 Å². The largest absolute Gasteiger partial charge is 0.381 e. The molecule has 0 rings (SSSR count). The van der Waals surface area contributed by atoms with Gasteiger partial charge in [0, 0.05) is 34.0 Å². The zero-order valence-electron chi connectivity index (χ0n) is 10.3. The van der Waals surface area contributed by atoms with Crippen LogP contribution in [0.3, 0.4) is 0 Å². The second kappa shape index (κ2) is 11.9. The summed E-state index contributed by atoms with van der Waals surface area (Å²) in [5, 5.41) is 3.25. The highest BCUT2D eigenvalue weighted by molar-refractivity contribution is 4.50. The minimum Gasteiger partial charge on any atom is -0.381 e. The quantitative estimate of drug-likeness (QED) is 0.421. The van der Waals surface area contributed by atoms with Crippen molar-refractivity contribution in [2.24, 2.45) is 0 Å². The summed E-state index contributed by atoms with van der Waals surface area (Å²) in [4.78, 5) is 0. The summed E-state index contributed by atoms with van der Waals surface area (Å²) in [6.45, 7) is 5.55. The molecule has 92 valence electrons. The third-order valence-corrected chi connectivity index (χ3v) is 2.12. The number of ether oxygens (including phenoxy) is 3. The van der Waals surface area contributed by atoms with Gasteiger partial charge in [-0.05, 0) is 19.4 Å². The molecule has 0 spiro atoms. The van der Waals surface area contributed by atoms with Crippen molar-refractivity contribution in [2.75, 3.05) is 40.5 Å². The van der Waals surface area contributed by atoms with E-state index in [2.05, 4.69) is 12.2 Å². The van der Waals surface area contributed by atoms with Gasteiger partial charge in [0.15, 0.2) is 6.29 Å². The van der Waals surface area contributed by atoms with Crippen LogP contribution in [0.25, 0.3) is 0 Å². The predicted molar refractivity (Wildman–Crippen MR) is 61.0 cm³/mol. The summed E-state index contributed by atoms with van der Waals surface area (Å²) in [5.41, 5.74) is 0. The minimum absolute atomic E-state index is 0.147. The lowest BCUT2D eigenvalue weighted by Crippen LogP contribution is -2.30. The molecule has 0 aliphatic carbocycles. The van der Waals surface area contributed by atoms with Crippen LogP contribution in [0.2, 0.25) is 0 Å². The summed E-state index contributed by atoms with van der Waals surface area (Å²) in [7, 11) is 3.29. The van der Waals surface area contributed by atoms with Crippen molar-refractivity contribution in [3.05, 3.63) is 0 Å². The molecule has 0 atom stereocenters. The van der Waals surface area contributed by atoms with Gasteiger partial charge in [0.1, 0.15) is 0 Å². The summed E-state index contributed by atoms with van der Waals surface area (Å²) < 4.78 is 15.5. The normalized spacial score (nSPS) is 11.2. The first-order valence-corrected chi connectivity index (χ1v) is 5.69. The maximum atomic E-state index is 5.43. The fourth-order valence-corrected chi connectivity index (χ4v) is 1.13. The Morgan fingerprint density at radius 1 is 1.07 bits per heavy atom. The van der Waals surface area contributed by atoms with Crippen molar-refractivity contribution in [2.45, 2.75) is 32.5 Å². The van der Waals surface area contributed by atoms with Gasteiger partial charge in [0.25, 0.3) is 0 Å². The Labute approximate surface area is 93.3 Å². The van der Waals surface area contributed by atoms with E-state index in [0.29, 0.717) is 0 Å². The van der Waals surface area contributed by atoms with Gasteiger partial charge in [0.05, 0.1) is 0 Å². The van der Waals surface area contributed by atoms with E-state index in [1.807, 2.05) is 0 Å². The second-order valence-electron chi connectivity index (χ2n) is 3.42. The standard InChI is InChI=1S/C11H25NO3/c1-4-5-8-15-9-6-7-12-10-11(13-2)14-3/h11-12H,4-10H2,1-3H3. The number of hydrogen-bond acceptors (Lipinski definition) is 4. The van der Waals surface area contributed by atoms with E-state index >= 15 is 0 Å². The van der Waals surface area contributed by atoms with Crippen LogP contribution in [0.4, 0.5) is 0 Å². The van der Waals surface area contributed by atoms with Crippen LogP contribution in [0, 0.1) is 0 Å². The molecule has 4 nitrogen and oxygen atoms in total. The Morgan fingerprint density at radius 2 is 1.73 bits per heavy atom. The second-order valence-corrected chi connectivity index (χ2v) is 3.42. The van der Waals surface area contributed by atoms with Gasteiger partial charge in [-0.25, -0.2) is 0 Å². The Balaban J connectivity index is 3.04. The van der Waals surface area contributed by atoms with E-state index in [-0.39, 0.29) is 6.29 Å². The molecule has 0 aromatic rings. The summed E-state index contributed by atoms with van der Waals surface area (Å²) in [6, 6.07) is 0. The lowest BCUT2D eigenvalue weighted by Gasteiger charge is -2.13. The molecule has 0 saturated heterocycles. The smallest absolute Gasteiger partial charge is 0.169 e. The number of nitrogens with one attached hydrogen (secondary N) is 1. The Hall–Kier alpha value is -0.160. The molecule has 0 aliphatic heterocycles. The fraction of sp³-hybridized carbons (Fsp3) is 1.00. The predicted octanol–water partition coefficient (Wildman–Crippen LogP) is 1.40. The molecule has 1 N–H and O–H groups in total. The molecule has 4 heteroatoms. The van der Waals surface area contributed by atoms with Crippen molar-refractivity contribution < 1.29 is 14.2 Å². The van der Waals surface area contributed by atoms with Crippen LogP contribution in [0.1, 0.15) is 26.2 Å². The molecule has 15 heavy (non-hydrogen) atoms. The van der Waals surface area contributed by atoms with Crippen LogP contribution in [0.15, 0.2) is 0 Å². The van der Waals surface area contributed by atoms with E-state index < -0.39 is 0 Å². The third kappa shape index (κ3) is 10.1. The molecule has 0 unspecified atom stereocenters. The van der Waals surface area contributed by atoms with E-state index in [9.17, 15) is 0 Å². The SMILES string of the molecule is CCCCOCCCNCC(OC)OC. The van der Waals surface area contributed by atoms with Gasteiger partial charge in [-0.1, -0.05) is 13.3 Å². The van der Waals surface area contributed by atoms with E-state index in [1.54, 1.807) is 14.2 Å². The third-order valence-electron chi connectivity index (χ3n) is 2.12. The maximum absolute atomic E-state index is 5.43. The molecule has 0 aromatic carbocycles. The van der Waals surface area contributed by atoms with Crippen LogP contribution >= 0.6 is 0 Å². The molecular weight excluding hydrogens is 194 g/mol. The van der Waals surface area contributed by atoms with E-state index in [1.165, 1.54) is 6.42 Å². The van der Waals surface area contributed by atoms with Gasteiger partial charge < -0.3 is 19.5 Å². The van der Waals surface area contributed by atoms with Crippen molar-refractivity contribution in [1.29, 1.82) is 0 Å². The first kappa shape index (κ1) is 14.8. The van der Waals surface area contributed by atoms with Gasteiger partial charge >= 0.3 is 0 Å². The highest BCUT2D eigenvalue weighted by Gasteiger charge is 2.02. The Kier molecular flexibility index (Phi) is 11.8. The molecule has 0 radical (unpaired) electrons. The van der Waals surface area contributed by atoms with Crippen molar-refractivity contribution in [3.63, 3.8) is 0 Å². The Bertz CT molecular complexity index is 118. The molecule has 0 aromatic heterocycles. The molecule has 0 bridgehead atoms. The first-order chi connectivity index (χ1) is 7.35. The van der Waals surface area contributed by atoms with E-state index in [0.717, 1.165) is 39.1 Å². The summed E-state index contributed by atoms with van der Waals surface area (Å²) in [5.74, 6) is 0. The van der Waals surface area contributed by atoms with Crippen molar-refractivity contribution in [3.8, 4) is 0 Å². The topological polar surface area (TPSA) is 39.7 Å². The maximum Gasteiger partial charge on any atom is 0.169 e. The van der Waals surface area contributed by atoms with Crippen LogP contribution in [-0.2, 0) is 14.2 Å². The average molecular weight is 219 g/mol. The van der Waals surface area contributed by atoms with Gasteiger partial charge in [-0.2, -0.15) is 0 Å². The molecule has 0 heterocycles. The van der Waals surface area contributed by atoms with Crippen LogP contribution < -0.4 is 5.32 Å². The van der Waals surface area contributed by atoms with E-state index in [4.69, 9.17) is 14.2 Å².